The normalized spacial score (nSPS) is 10.8. The Bertz CT molecular complexity index is 2530. The molecule has 13 heteroatoms. The van der Waals surface area contributed by atoms with E-state index in [1.54, 1.807) is 48.5 Å². The first-order chi connectivity index (χ1) is 26.6. The summed E-state index contributed by atoms with van der Waals surface area (Å²) in [6, 6.07) is 45.7. The summed E-state index contributed by atoms with van der Waals surface area (Å²) < 4.78 is 0. The number of nitro groups is 4. The van der Waals surface area contributed by atoms with Gasteiger partial charge in [-0.15, -0.1) is 0 Å². The standard InChI is InChI=1S/C42H27BN4O8/c48-44(49)34-19-11-28(12-20-34)38-27-39(43(32-7-3-1-4-8-32)33-9-5-2-6-10-33)41(30-15-23-36(24-16-30)46(52)53)42(31-17-25-37(26-18-31)47(54)55)40(38)29-13-21-35(22-14-29)45(50)51/h1-27H. The van der Waals surface area contributed by atoms with E-state index in [2.05, 4.69) is 0 Å². The van der Waals surface area contributed by atoms with E-state index in [1.165, 1.54) is 48.5 Å². The summed E-state index contributed by atoms with van der Waals surface area (Å²) in [5.41, 5.74) is 6.82. The van der Waals surface area contributed by atoms with Gasteiger partial charge in [-0.2, -0.15) is 0 Å². The van der Waals surface area contributed by atoms with E-state index >= 15 is 0 Å². The molecular weight excluding hydrogens is 699 g/mol. The molecule has 0 aliphatic rings. The largest absolute Gasteiger partial charge is 0.269 e. The summed E-state index contributed by atoms with van der Waals surface area (Å²) in [7, 11) is 0. The molecule has 0 N–H and O–H groups in total. The van der Waals surface area contributed by atoms with Crippen molar-refractivity contribution >= 4 is 45.9 Å². The maximum atomic E-state index is 11.8. The Balaban J connectivity index is 1.70. The van der Waals surface area contributed by atoms with Crippen LogP contribution in [0, 0.1) is 40.5 Å². The molecule has 0 heterocycles. The lowest BCUT2D eigenvalue weighted by molar-refractivity contribution is -0.385. The minimum absolute atomic E-state index is 0.120. The SMILES string of the molecule is O=[N+]([O-])c1ccc(-c2cc(B(c3ccccc3)c3ccccc3)c(-c3ccc([N+](=O)[O-])cc3)c(-c3ccc([N+](=O)[O-])cc3)c2-c2ccc([N+](=O)[O-])cc2)cc1. The quantitative estimate of drug-likeness (QED) is 0.0725. The van der Waals surface area contributed by atoms with E-state index in [4.69, 9.17) is 0 Å². The molecule has 12 nitrogen and oxygen atoms in total. The summed E-state index contributed by atoms with van der Waals surface area (Å²) >= 11 is 0. The van der Waals surface area contributed by atoms with Gasteiger partial charge in [0.05, 0.1) is 19.7 Å². The Morgan fingerprint density at radius 1 is 0.345 bits per heavy atom. The van der Waals surface area contributed by atoms with Crippen molar-refractivity contribution in [3.8, 4) is 44.5 Å². The highest BCUT2D eigenvalue weighted by molar-refractivity contribution is 6.96. The molecule has 7 aromatic carbocycles. The van der Waals surface area contributed by atoms with E-state index in [1.807, 2.05) is 66.7 Å². The van der Waals surface area contributed by atoms with Crippen molar-refractivity contribution in [3.63, 3.8) is 0 Å². The molecule has 0 aliphatic heterocycles. The first-order valence-electron chi connectivity index (χ1n) is 16.9. The molecule has 266 valence electrons. The summed E-state index contributed by atoms with van der Waals surface area (Å²) in [6.07, 6.45) is 0. The van der Waals surface area contributed by atoms with Crippen LogP contribution in [0.1, 0.15) is 0 Å². The Morgan fingerprint density at radius 3 is 1.00 bits per heavy atom. The third-order valence-electron chi connectivity index (χ3n) is 9.42. The fraction of sp³-hybridized carbons (Fsp3) is 0. The molecule has 0 bridgehead atoms. The third-order valence-corrected chi connectivity index (χ3v) is 9.42. The molecule has 0 spiro atoms. The zero-order valence-corrected chi connectivity index (χ0v) is 28.7. The van der Waals surface area contributed by atoms with Crippen LogP contribution >= 0.6 is 0 Å². The van der Waals surface area contributed by atoms with Gasteiger partial charge in [-0.1, -0.05) is 83.1 Å². The lowest BCUT2D eigenvalue weighted by atomic mass is 9.35. The maximum Gasteiger partial charge on any atom is 0.269 e. The van der Waals surface area contributed by atoms with Crippen LogP contribution in [0.5, 0.6) is 0 Å². The second-order valence-corrected chi connectivity index (χ2v) is 12.6. The predicted molar refractivity (Wildman–Crippen MR) is 212 cm³/mol. The van der Waals surface area contributed by atoms with Crippen molar-refractivity contribution < 1.29 is 19.7 Å². The van der Waals surface area contributed by atoms with Crippen LogP contribution in [0.4, 0.5) is 22.7 Å². The molecule has 0 unspecified atom stereocenters. The van der Waals surface area contributed by atoms with E-state index in [0.29, 0.717) is 44.5 Å². The first-order valence-corrected chi connectivity index (χ1v) is 16.9. The average Bonchev–Trinajstić information content (AvgIpc) is 3.21. The third kappa shape index (κ3) is 7.17. The molecule has 0 fully saturated rings. The van der Waals surface area contributed by atoms with Gasteiger partial charge in [-0.3, -0.25) is 40.5 Å². The molecule has 55 heavy (non-hydrogen) atoms. The Kier molecular flexibility index (Phi) is 9.74. The minimum atomic E-state index is -0.506. The number of non-ortho nitro benzene ring substituents is 4. The van der Waals surface area contributed by atoms with Crippen molar-refractivity contribution in [3.05, 3.63) is 204 Å². The Hall–Kier alpha value is -7.80. The van der Waals surface area contributed by atoms with E-state index < -0.39 is 26.4 Å². The monoisotopic (exact) mass is 726 g/mol. The average molecular weight is 727 g/mol. The molecule has 0 atom stereocenters. The van der Waals surface area contributed by atoms with Gasteiger partial charge < -0.3 is 0 Å². The van der Waals surface area contributed by atoms with Crippen LogP contribution in [-0.2, 0) is 0 Å². The molecule has 0 aromatic heterocycles. The van der Waals surface area contributed by atoms with Crippen LogP contribution in [-0.4, -0.2) is 26.4 Å². The molecular formula is C42H27BN4O8. The topological polar surface area (TPSA) is 173 Å². The molecule has 0 aliphatic carbocycles. The van der Waals surface area contributed by atoms with Gasteiger partial charge in [0.2, 0.25) is 6.71 Å². The first kappa shape index (κ1) is 35.6. The molecule has 7 aromatic rings. The lowest BCUT2D eigenvalue weighted by Crippen LogP contribution is -2.52. The molecule has 0 saturated heterocycles. The Morgan fingerprint density at radius 2 is 0.655 bits per heavy atom. The summed E-state index contributed by atoms with van der Waals surface area (Å²) in [4.78, 5) is 45.1. The van der Waals surface area contributed by atoms with Crippen LogP contribution in [0.25, 0.3) is 44.5 Å². The second-order valence-electron chi connectivity index (χ2n) is 12.6. The smallest absolute Gasteiger partial charge is 0.258 e. The number of hydrogen-bond acceptors (Lipinski definition) is 8. The van der Waals surface area contributed by atoms with Gasteiger partial charge in [0.1, 0.15) is 0 Å². The second kappa shape index (κ2) is 15.1. The van der Waals surface area contributed by atoms with Gasteiger partial charge in [-0.05, 0) is 93.0 Å². The van der Waals surface area contributed by atoms with Crippen molar-refractivity contribution in [2.24, 2.45) is 0 Å². The molecule has 0 amide bonds. The summed E-state index contributed by atoms with van der Waals surface area (Å²) in [6.45, 7) is -0.438. The van der Waals surface area contributed by atoms with Crippen LogP contribution in [0.15, 0.2) is 164 Å². The van der Waals surface area contributed by atoms with Crippen LogP contribution < -0.4 is 16.4 Å². The van der Waals surface area contributed by atoms with Gasteiger partial charge in [0.25, 0.3) is 22.7 Å². The highest BCUT2D eigenvalue weighted by atomic mass is 16.6. The number of nitro benzene ring substituents is 4. The number of hydrogen-bond donors (Lipinski definition) is 0. The van der Waals surface area contributed by atoms with Crippen LogP contribution in [0.3, 0.4) is 0 Å². The highest BCUT2D eigenvalue weighted by Crippen LogP contribution is 2.46. The Labute approximate surface area is 313 Å². The number of rotatable bonds is 11. The van der Waals surface area contributed by atoms with Crippen molar-refractivity contribution in [2.75, 3.05) is 0 Å². The van der Waals surface area contributed by atoms with Gasteiger partial charge in [0, 0.05) is 48.5 Å². The van der Waals surface area contributed by atoms with Crippen molar-refractivity contribution in [1.29, 1.82) is 0 Å². The molecule has 7 rings (SSSR count). The van der Waals surface area contributed by atoms with Crippen molar-refractivity contribution in [2.45, 2.75) is 0 Å². The van der Waals surface area contributed by atoms with Gasteiger partial charge in [-0.25, -0.2) is 0 Å². The zero-order chi connectivity index (χ0) is 38.6. The predicted octanol–water partition coefficient (Wildman–Crippen LogP) is 8.50. The number of nitrogens with zero attached hydrogens (tertiary/aromatic N) is 4. The summed E-state index contributed by atoms with van der Waals surface area (Å²) in [5.74, 6) is 0. The fourth-order valence-electron chi connectivity index (χ4n) is 6.91. The van der Waals surface area contributed by atoms with E-state index in [9.17, 15) is 40.5 Å². The molecule has 0 saturated carbocycles. The maximum absolute atomic E-state index is 11.8. The van der Waals surface area contributed by atoms with Gasteiger partial charge >= 0.3 is 0 Å². The summed E-state index contributed by atoms with van der Waals surface area (Å²) in [5, 5.41) is 47.1. The molecule has 0 radical (unpaired) electrons. The zero-order valence-electron chi connectivity index (χ0n) is 28.7. The minimum Gasteiger partial charge on any atom is -0.258 e. The lowest BCUT2D eigenvalue weighted by Gasteiger charge is -2.27. The van der Waals surface area contributed by atoms with Crippen LogP contribution in [0.2, 0.25) is 0 Å². The van der Waals surface area contributed by atoms with Gasteiger partial charge in [0.15, 0.2) is 0 Å². The highest BCUT2D eigenvalue weighted by Gasteiger charge is 2.31. The van der Waals surface area contributed by atoms with Crippen molar-refractivity contribution in [1.82, 2.24) is 0 Å². The van der Waals surface area contributed by atoms with E-state index in [-0.39, 0.29) is 22.7 Å². The fourth-order valence-corrected chi connectivity index (χ4v) is 6.91. The number of benzene rings is 7. The van der Waals surface area contributed by atoms with E-state index in [0.717, 1.165) is 16.4 Å².